The Labute approximate surface area is 148 Å². The van der Waals surface area contributed by atoms with Gasteiger partial charge in [0, 0.05) is 6.04 Å². The Bertz CT molecular complexity index is 998. The summed E-state index contributed by atoms with van der Waals surface area (Å²) in [7, 11) is 0. The van der Waals surface area contributed by atoms with Crippen LogP contribution < -0.4 is 5.56 Å². The highest BCUT2D eigenvalue weighted by Crippen LogP contribution is 2.22. The molecule has 128 valence electrons. The first kappa shape index (κ1) is 17.4. The van der Waals surface area contributed by atoms with E-state index in [2.05, 4.69) is 4.98 Å². The van der Waals surface area contributed by atoms with Crippen LogP contribution in [0, 0.1) is 5.82 Å². The second kappa shape index (κ2) is 7.19. The predicted molar refractivity (Wildman–Crippen MR) is 97.8 cm³/mol. The number of rotatable bonds is 5. The maximum atomic E-state index is 13.7. The van der Waals surface area contributed by atoms with E-state index >= 15 is 0 Å². The molecule has 0 aliphatic carbocycles. The highest BCUT2D eigenvalue weighted by atomic mass is 32.2. The van der Waals surface area contributed by atoms with Gasteiger partial charge in [-0.25, -0.2) is 9.37 Å². The number of carbonyl (C=O) groups excluding carboxylic acids is 1. The lowest BCUT2D eigenvalue weighted by Crippen LogP contribution is -2.25. The van der Waals surface area contributed by atoms with Gasteiger partial charge in [-0.1, -0.05) is 36.0 Å². The third-order valence-corrected chi connectivity index (χ3v) is 4.75. The van der Waals surface area contributed by atoms with E-state index in [1.807, 2.05) is 19.9 Å². The van der Waals surface area contributed by atoms with Crippen LogP contribution in [-0.2, 0) is 0 Å². The molecule has 0 bridgehead atoms. The number of ketones is 1. The normalized spacial score (nSPS) is 11.2. The molecule has 0 fully saturated rings. The van der Waals surface area contributed by atoms with Crippen LogP contribution in [0.5, 0.6) is 0 Å². The lowest BCUT2D eigenvalue weighted by molar-refractivity contribution is 0.101. The second-order valence-electron chi connectivity index (χ2n) is 5.87. The number of halogens is 1. The van der Waals surface area contributed by atoms with Gasteiger partial charge < -0.3 is 0 Å². The zero-order valence-electron chi connectivity index (χ0n) is 13.9. The Balaban J connectivity index is 1.96. The van der Waals surface area contributed by atoms with Crippen molar-refractivity contribution < 1.29 is 9.18 Å². The minimum absolute atomic E-state index is 0.0123. The molecule has 2 aromatic carbocycles. The number of carbonyl (C=O) groups is 1. The third kappa shape index (κ3) is 3.49. The molecule has 0 amide bonds. The highest BCUT2D eigenvalue weighted by Gasteiger charge is 2.17. The molecule has 0 radical (unpaired) electrons. The SMILES string of the molecule is CC(C)n1c(SCC(=O)c2ccccc2F)nc2ccccc2c1=O. The summed E-state index contributed by atoms with van der Waals surface area (Å²) in [5, 5.41) is 1.00. The molecule has 0 saturated carbocycles. The maximum Gasteiger partial charge on any atom is 0.262 e. The van der Waals surface area contributed by atoms with E-state index in [-0.39, 0.29) is 28.7 Å². The van der Waals surface area contributed by atoms with E-state index in [9.17, 15) is 14.0 Å². The molecule has 6 heteroatoms. The van der Waals surface area contributed by atoms with Crippen molar-refractivity contribution in [3.05, 3.63) is 70.3 Å². The first-order valence-electron chi connectivity index (χ1n) is 7.91. The molecule has 0 spiro atoms. The minimum atomic E-state index is -0.541. The van der Waals surface area contributed by atoms with E-state index in [1.54, 1.807) is 34.9 Å². The van der Waals surface area contributed by atoms with Crippen molar-refractivity contribution >= 4 is 28.4 Å². The number of hydrogen-bond donors (Lipinski definition) is 0. The standard InChI is InChI=1S/C19H17FN2O2S/c1-12(2)22-18(24)14-8-4-6-10-16(14)21-19(22)25-11-17(23)13-7-3-5-9-15(13)20/h3-10,12H,11H2,1-2H3. The van der Waals surface area contributed by atoms with Crippen LogP contribution in [0.3, 0.4) is 0 Å². The van der Waals surface area contributed by atoms with Gasteiger partial charge >= 0.3 is 0 Å². The molecular weight excluding hydrogens is 339 g/mol. The van der Waals surface area contributed by atoms with Gasteiger partial charge in [0.1, 0.15) is 5.82 Å². The lowest BCUT2D eigenvalue weighted by Gasteiger charge is -2.15. The zero-order chi connectivity index (χ0) is 18.0. The minimum Gasteiger partial charge on any atom is -0.293 e. The average Bonchev–Trinajstić information content (AvgIpc) is 2.60. The number of thioether (sulfide) groups is 1. The van der Waals surface area contributed by atoms with E-state index in [1.165, 1.54) is 12.1 Å². The van der Waals surface area contributed by atoms with Crippen molar-refractivity contribution in [2.45, 2.75) is 25.0 Å². The van der Waals surface area contributed by atoms with Crippen LogP contribution in [0.15, 0.2) is 58.5 Å². The number of fused-ring (bicyclic) bond motifs is 1. The van der Waals surface area contributed by atoms with Gasteiger partial charge in [-0.15, -0.1) is 0 Å². The molecule has 0 saturated heterocycles. The van der Waals surface area contributed by atoms with Gasteiger partial charge in [-0.05, 0) is 38.1 Å². The number of Topliss-reactive ketones (excluding diaryl/α,β-unsaturated/α-hetero) is 1. The van der Waals surface area contributed by atoms with E-state index in [0.717, 1.165) is 11.8 Å². The molecule has 0 aliphatic rings. The quantitative estimate of drug-likeness (QED) is 0.392. The van der Waals surface area contributed by atoms with Crippen LogP contribution in [0.2, 0.25) is 0 Å². The second-order valence-corrected chi connectivity index (χ2v) is 6.81. The summed E-state index contributed by atoms with van der Waals surface area (Å²) >= 11 is 1.15. The summed E-state index contributed by atoms with van der Waals surface area (Å²) in [4.78, 5) is 29.5. The first-order valence-corrected chi connectivity index (χ1v) is 8.89. The molecule has 25 heavy (non-hydrogen) atoms. The van der Waals surface area contributed by atoms with Gasteiger partial charge in [-0.2, -0.15) is 0 Å². The summed E-state index contributed by atoms with van der Waals surface area (Å²) in [5.74, 6) is -0.861. The van der Waals surface area contributed by atoms with E-state index in [4.69, 9.17) is 0 Å². The first-order chi connectivity index (χ1) is 12.0. The number of hydrogen-bond acceptors (Lipinski definition) is 4. The Morgan fingerprint density at radius 3 is 2.56 bits per heavy atom. The van der Waals surface area contributed by atoms with Crippen molar-refractivity contribution in [3.8, 4) is 0 Å². The van der Waals surface area contributed by atoms with Gasteiger partial charge in [-0.3, -0.25) is 14.2 Å². The summed E-state index contributed by atoms with van der Waals surface area (Å²) in [6.07, 6.45) is 0. The topological polar surface area (TPSA) is 52.0 Å². The smallest absolute Gasteiger partial charge is 0.262 e. The van der Waals surface area contributed by atoms with Crippen molar-refractivity contribution in [1.82, 2.24) is 9.55 Å². The third-order valence-electron chi connectivity index (χ3n) is 3.80. The van der Waals surface area contributed by atoms with Crippen molar-refractivity contribution in [2.75, 3.05) is 5.75 Å². The fourth-order valence-electron chi connectivity index (χ4n) is 2.58. The van der Waals surface area contributed by atoms with E-state index in [0.29, 0.717) is 16.1 Å². The molecule has 0 atom stereocenters. The molecule has 3 aromatic rings. The van der Waals surface area contributed by atoms with Crippen LogP contribution in [0.4, 0.5) is 4.39 Å². The van der Waals surface area contributed by atoms with Crippen molar-refractivity contribution in [2.24, 2.45) is 0 Å². The Hall–Kier alpha value is -2.47. The Morgan fingerprint density at radius 2 is 1.84 bits per heavy atom. The number of benzene rings is 2. The van der Waals surface area contributed by atoms with Crippen LogP contribution in [0.1, 0.15) is 30.2 Å². The van der Waals surface area contributed by atoms with E-state index < -0.39 is 5.82 Å². The van der Waals surface area contributed by atoms with Gasteiger partial charge in [0.25, 0.3) is 5.56 Å². The fourth-order valence-corrected chi connectivity index (χ4v) is 3.59. The summed E-state index contributed by atoms with van der Waals surface area (Å²) < 4.78 is 15.3. The van der Waals surface area contributed by atoms with Gasteiger partial charge in [0.2, 0.25) is 0 Å². The monoisotopic (exact) mass is 356 g/mol. The molecule has 1 aromatic heterocycles. The zero-order valence-corrected chi connectivity index (χ0v) is 14.7. The molecule has 3 rings (SSSR count). The van der Waals surface area contributed by atoms with Crippen LogP contribution in [-0.4, -0.2) is 21.1 Å². The average molecular weight is 356 g/mol. The van der Waals surface area contributed by atoms with Crippen LogP contribution in [0.25, 0.3) is 10.9 Å². The van der Waals surface area contributed by atoms with Crippen molar-refractivity contribution in [3.63, 3.8) is 0 Å². The number of nitrogens with zero attached hydrogens (tertiary/aromatic N) is 2. The molecule has 0 unspecified atom stereocenters. The largest absolute Gasteiger partial charge is 0.293 e. The molecule has 1 heterocycles. The van der Waals surface area contributed by atoms with Gasteiger partial charge in [0.05, 0.1) is 22.2 Å². The Kier molecular flexibility index (Phi) is 4.99. The summed E-state index contributed by atoms with van der Waals surface area (Å²) in [6, 6.07) is 12.9. The molecular formula is C19H17FN2O2S. The number of aromatic nitrogens is 2. The molecule has 0 aliphatic heterocycles. The maximum absolute atomic E-state index is 13.7. The Morgan fingerprint density at radius 1 is 1.16 bits per heavy atom. The van der Waals surface area contributed by atoms with Gasteiger partial charge in [0.15, 0.2) is 10.9 Å². The lowest BCUT2D eigenvalue weighted by atomic mass is 10.1. The highest BCUT2D eigenvalue weighted by molar-refractivity contribution is 7.99. The summed E-state index contributed by atoms with van der Waals surface area (Å²) in [6.45, 7) is 3.78. The predicted octanol–water partition coefficient (Wildman–Crippen LogP) is 4.09. The fraction of sp³-hybridized carbons (Fsp3) is 0.211. The van der Waals surface area contributed by atoms with Crippen molar-refractivity contribution in [1.29, 1.82) is 0 Å². The number of para-hydroxylation sites is 1. The molecule has 0 N–H and O–H groups in total. The summed E-state index contributed by atoms with van der Waals surface area (Å²) in [5.41, 5.74) is 0.501. The molecule has 4 nitrogen and oxygen atoms in total. The van der Waals surface area contributed by atoms with Crippen LogP contribution >= 0.6 is 11.8 Å².